The molecule has 0 bridgehead atoms. The molecule has 136 valence electrons. The topological polar surface area (TPSA) is 91.5 Å². The Balaban J connectivity index is 1.67. The van der Waals surface area contributed by atoms with Crippen LogP contribution in [-0.2, 0) is 6.42 Å². The predicted octanol–water partition coefficient (Wildman–Crippen LogP) is 3.45. The van der Waals surface area contributed by atoms with Crippen molar-refractivity contribution in [2.45, 2.75) is 13.3 Å². The van der Waals surface area contributed by atoms with E-state index < -0.39 is 4.92 Å². The number of benzene rings is 2. The standard InChI is InChI=1S/C19H16N4O4/c1-11-2-4-13(23(24)25)9-15(11)22-19-14(6-7-20-19)18(21-22)12-3-5-16-17(8-12)27-10-26-16/h2-5,8-9,20H,6-7,10H2,1H3. The Hall–Kier alpha value is -3.55. The van der Waals surface area contributed by atoms with Gasteiger partial charge in [-0.3, -0.25) is 10.1 Å². The average Bonchev–Trinajstić information content (AvgIpc) is 3.37. The third-order valence-electron chi connectivity index (χ3n) is 4.93. The molecule has 1 aromatic heterocycles. The SMILES string of the molecule is Cc1ccc([N+](=O)[O-])cc1-n1nc(-c2ccc3c(c2)OCO3)c2c1NCC2. The number of hydrogen-bond donors (Lipinski definition) is 1. The van der Waals surface area contributed by atoms with Crippen LogP contribution in [0.5, 0.6) is 11.5 Å². The van der Waals surface area contributed by atoms with Gasteiger partial charge in [-0.25, -0.2) is 4.68 Å². The van der Waals surface area contributed by atoms with Crippen LogP contribution >= 0.6 is 0 Å². The fourth-order valence-electron chi connectivity index (χ4n) is 3.56. The van der Waals surface area contributed by atoms with Gasteiger partial charge in [-0.1, -0.05) is 6.07 Å². The van der Waals surface area contributed by atoms with Crippen LogP contribution in [0.15, 0.2) is 36.4 Å². The maximum atomic E-state index is 11.2. The third-order valence-corrected chi connectivity index (χ3v) is 4.93. The number of nitrogens with zero attached hydrogens (tertiary/aromatic N) is 3. The van der Waals surface area contributed by atoms with Gasteiger partial charge in [-0.05, 0) is 37.1 Å². The molecule has 0 fully saturated rings. The van der Waals surface area contributed by atoms with Crippen LogP contribution in [0, 0.1) is 17.0 Å². The first-order valence-electron chi connectivity index (χ1n) is 8.63. The summed E-state index contributed by atoms with van der Waals surface area (Å²) in [5.74, 6) is 2.31. The minimum atomic E-state index is -0.390. The molecule has 0 atom stereocenters. The van der Waals surface area contributed by atoms with Gasteiger partial charge in [-0.15, -0.1) is 0 Å². The van der Waals surface area contributed by atoms with Crippen LogP contribution in [0.4, 0.5) is 11.5 Å². The van der Waals surface area contributed by atoms with Gasteiger partial charge in [0.15, 0.2) is 11.5 Å². The quantitative estimate of drug-likeness (QED) is 0.565. The molecule has 0 spiro atoms. The smallest absolute Gasteiger partial charge is 0.271 e. The molecule has 0 radical (unpaired) electrons. The van der Waals surface area contributed by atoms with Crippen LogP contribution in [0.3, 0.4) is 0 Å². The lowest BCUT2D eigenvalue weighted by Crippen LogP contribution is -2.06. The van der Waals surface area contributed by atoms with Gasteiger partial charge in [0.25, 0.3) is 5.69 Å². The van der Waals surface area contributed by atoms with Crippen LogP contribution in [-0.4, -0.2) is 28.0 Å². The molecule has 0 aliphatic carbocycles. The normalized spacial score (nSPS) is 14.1. The molecule has 27 heavy (non-hydrogen) atoms. The van der Waals surface area contributed by atoms with Gasteiger partial charge in [0, 0.05) is 29.8 Å². The second kappa shape index (κ2) is 5.73. The molecule has 8 nitrogen and oxygen atoms in total. The second-order valence-electron chi connectivity index (χ2n) is 6.56. The lowest BCUT2D eigenvalue weighted by molar-refractivity contribution is -0.384. The molecule has 0 saturated carbocycles. The Bertz CT molecular complexity index is 1090. The van der Waals surface area contributed by atoms with Crippen LogP contribution in [0.1, 0.15) is 11.1 Å². The van der Waals surface area contributed by atoms with E-state index in [0.717, 1.165) is 46.9 Å². The average molecular weight is 364 g/mol. The number of nitrogens with one attached hydrogen (secondary N) is 1. The number of hydrogen-bond acceptors (Lipinski definition) is 6. The first kappa shape index (κ1) is 15.7. The van der Waals surface area contributed by atoms with E-state index in [-0.39, 0.29) is 12.5 Å². The molecule has 2 aliphatic heterocycles. The Kier molecular flexibility index (Phi) is 3.33. The summed E-state index contributed by atoms with van der Waals surface area (Å²) in [6.07, 6.45) is 0.840. The molecule has 3 aromatic rings. The van der Waals surface area contributed by atoms with E-state index in [4.69, 9.17) is 14.6 Å². The number of aryl methyl sites for hydroxylation is 1. The Morgan fingerprint density at radius 3 is 2.89 bits per heavy atom. The highest BCUT2D eigenvalue weighted by molar-refractivity contribution is 5.75. The summed E-state index contributed by atoms with van der Waals surface area (Å²) in [5, 5.41) is 19.4. The predicted molar refractivity (Wildman–Crippen MR) is 98.7 cm³/mol. The number of nitro benzene ring substituents is 1. The molecule has 0 unspecified atom stereocenters. The van der Waals surface area contributed by atoms with Crippen molar-refractivity contribution in [1.29, 1.82) is 0 Å². The van der Waals surface area contributed by atoms with E-state index in [1.165, 1.54) is 6.07 Å². The Labute approximate surface area is 154 Å². The summed E-state index contributed by atoms with van der Waals surface area (Å²) in [7, 11) is 0. The lowest BCUT2D eigenvalue weighted by atomic mass is 10.1. The fraction of sp³-hybridized carbons (Fsp3) is 0.211. The molecular formula is C19H16N4O4. The zero-order valence-electron chi connectivity index (χ0n) is 14.6. The molecular weight excluding hydrogens is 348 g/mol. The number of anilines is 1. The Morgan fingerprint density at radius 1 is 1.19 bits per heavy atom. The van der Waals surface area contributed by atoms with Gasteiger partial charge >= 0.3 is 0 Å². The number of aromatic nitrogens is 2. The van der Waals surface area contributed by atoms with Gasteiger partial charge in [-0.2, -0.15) is 5.10 Å². The monoisotopic (exact) mass is 364 g/mol. The molecule has 2 aromatic carbocycles. The Morgan fingerprint density at radius 2 is 2.04 bits per heavy atom. The number of nitro groups is 1. The molecule has 2 aliphatic rings. The van der Waals surface area contributed by atoms with E-state index in [1.807, 2.05) is 25.1 Å². The lowest BCUT2D eigenvalue weighted by Gasteiger charge is -2.09. The zero-order chi connectivity index (χ0) is 18.5. The number of rotatable bonds is 3. The van der Waals surface area contributed by atoms with Gasteiger partial charge in [0.05, 0.1) is 16.3 Å². The number of non-ortho nitro benzene ring substituents is 1. The minimum Gasteiger partial charge on any atom is -0.454 e. The van der Waals surface area contributed by atoms with Crippen molar-refractivity contribution in [2.75, 3.05) is 18.7 Å². The van der Waals surface area contributed by atoms with Crippen LogP contribution in [0.25, 0.3) is 16.9 Å². The molecule has 0 amide bonds. The molecule has 8 heteroatoms. The highest BCUT2D eigenvalue weighted by Crippen LogP contribution is 2.40. The molecule has 1 N–H and O–H groups in total. The van der Waals surface area contributed by atoms with Crippen molar-refractivity contribution in [1.82, 2.24) is 9.78 Å². The molecule has 3 heterocycles. The largest absolute Gasteiger partial charge is 0.454 e. The van der Waals surface area contributed by atoms with Gasteiger partial charge in [0.2, 0.25) is 6.79 Å². The summed E-state index contributed by atoms with van der Waals surface area (Å²) >= 11 is 0. The summed E-state index contributed by atoms with van der Waals surface area (Å²) < 4.78 is 12.6. The molecule has 5 rings (SSSR count). The number of fused-ring (bicyclic) bond motifs is 2. The summed E-state index contributed by atoms with van der Waals surface area (Å²) in [6, 6.07) is 10.6. The first-order chi connectivity index (χ1) is 13.1. The van der Waals surface area contributed by atoms with E-state index in [0.29, 0.717) is 11.4 Å². The van der Waals surface area contributed by atoms with E-state index in [9.17, 15) is 10.1 Å². The maximum absolute atomic E-state index is 11.2. The summed E-state index contributed by atoms with van der Waals surface area (Å²) in [5.41, 5.74) is 4.53. The van der Waals surface area contributed by atoms with E-state index in [2.05, 4.69) is 5.32 Å². The van der Waals surface area contributed by atoms with Gasteiger partial charge in [0.1, 0.15) is 5.82 Å². The minimum absolute atomic E-state index is 0.0440. The van der Waals surface area contributed by atoms with Crippen molar-refractivity contribution in [3.05, 3.63) is 57.6 Å². The van der Waals surface area contributed by atoms with Gasteiger partial charge < -0.3 is 14.8 Å². The van der Waals surface area contributed by atoms with E-state index >= 15 is 0 Å². The van der Waals surface area contributed by atoms with Crippen molar-refractivity contribution >= 4 is 11.5 Å². The summed E-state index contributed by atoms with van der Waals surface area (Å²) in [4.78, 5) is 10.8. The van der Waals surface area contributed by atoms with Crippen molar-refractivity contribution < 1.29 is 14.4 Å². The van der Waals surface area contributed by atoms with E-state index in [1.54, 1.807) is 16.8 Å². The van der Waals surface area contributed by atoms with Crippen LogP contribution < -0.4 is 14.8 Å². The highest BCUT2D eigenvalue weighted by atomic mass is 16.7. The third kappa shape index (κ3) is 2.41. The van der Waals surface area contributed by atoms with Crippen molar-refractivity contribution in [3.8, 4) is 28.4 Å². The number of ether oxygens (including phenoxy) is 2. The zero-order valence-corrected chi connectivity index (χ0v) is 14.6. The maximum Gasteiger partial charge on any atom is 0.271 e. The fourth-order valence-corrected chi connectivity index (χ4v) is 3.56. The van der Waals surface area contributed by atoms with Crippen molar-refractivity contribution in [2.24, 2.45) is 0 Å². The summed E-state index contributed by atoms with van der Waals surface area (Å²) in [6.45, 7) is 2.95. The highest BCUT2D eigenvalue weighted by Gasteiger charge is 2.26. The molecule has 0 saturated heterocycles. The second-order valence-corrected chi connectivity index (χ2v) is 6.56. The van der Waals surface area contributed by atoms with Crippen molar-refractivity contribution in [3.63, 3.8) is 0 Å². The van der Waals surface area contributed by atoms with Crippen LogP contribution in [0.2, 0.25) is 0 Å². The first-order valence-corrected chi connectivity index (χ1v) is 8.63.